The number of Topliss-reactive ketones (excluding diaryl/α,β-unsaturated/α-hetero) is 2. The molecule has 4 aromatic rings. The van der Waals surface area contributed by atoms with Gasteiger partial charge >= 0.3 is 115 Å². The van der Waals surface area contributed by atoms with E-state index in [9.17, 15) is 45.1 Å². The van der Waals surface area contributed by atoms with Gasteiger partial charge in [0.1, 0.15) is 31.7 Å². The van der Waals surface area contributed by atoms with Crippen LogP contribution in [0.5, 0.6) is 11.5 Å². The van der Waals surface area contributed by atoms with Crippen LogP contribution in [0, 0.1) is 13.8 Å². The number of carbonyl (C=O) groups is 4. The van der Waals surface area contributed by atoms with Gasteiger partial charge in [-0.1, -0.05) is 36.4 Å². The van der Waals surface area contributed by atoms with Crippen LogP contribution >= 0.6 is 0 Å². The number of allylic oxidation sites excluding steroid dienone is 8. The fourth-order valence-corrected chi connectivity index (χ4v) is 11.6. The van der Waals surface area contributed by atoms with Crippen molar-refractivity contribution >= 4 is 77.9 Å². The maximum Gasteiger partial charge on any atom is 1.00 e. The van der Waals surface area contributed by atoms with Gasteiger partial charge in [0.25, 0.3) is 0 Å². The van der Waals surface area contributed by atoms with Crippen molar-refractivity contribution < 1.29 is 167 Å². The zero-order chi connectivity index (χ0) is 56.6. The van der Waals surface area contributed by atoms with Crippen LogP contribution in [0.1, 0.15) is 74.9 Å². The smallest absolute Gasteiger partial charge is 0.744 e. The molecule has 0 spiro atoms. The van der Waals surface area contributed by atoms with Gasteiger partial charge in [-0.15, -0.1) is 0 Å². The first-order valence-corrected chi connectivity index (χ1v) is 28.5. The SMILES string of the molecule is CCOC(=O)COc1c2cccc1CC1=CC(=Nc3cc(C)c(N(CC)CC)c(S(=O)(=O)[O-])c3)C=C(Cc3cccc(c3OCC(=O)OCC)CC3=CC(=Nc4cc(C)c(N(CC)CC)c(S(=O)(=O)[O-])c4)C=C(C2)C3=O)C1=O.[K+].[K+]. The molecule has 0 aliphatic heterocycles. The molecule has 8 bridgehead atoms. The van der Waals surface area contributed by atoms with Crippen LogP contribution in [0.4, 0.5) is 22.7 Å². The van der Waals surface area contributed by atoms with Crippen LogP contribution in [0.15, 0.2) is 127 Å². The number of ether oxygens (including phenoxy) is 4. The number of ketones is 2. The van der Waals surface area contributed by atoms with Gasteiger partial charge in [-0.05, 0) is 137 Å². The van der Waals surface area contributed by atoms with Crippen LogP contribution in [-0.4, -0.2) is 113 Å². The van der Waals surface area contributed by atoms with Crippen LogP contribution in [-0.2, 0) is 74.6 Å². The van der Waals surface area contributed by atoms with Gasteiger partial charge in [-0.25, -0.2) is 36.4 Å². The molecule has 80 heavy (non-hydrogen) atoms. The average Bonchev–Trinajstić information content (AvgIpc) is 3.37. The average molecular weight is 1180 g/mol. The van der Waals surface area contributed by atoms with E-state index in [2.05, 4.69) is 0 Å². The Morgan fingerprint density at radius 2 is 0.825 bits per heavy atom. The van der Waals surface area contributed by atoms with Crippen LogP contribution < -0.4 is 122 Å². The minimum absolute atomic E-state index is 0. The predicted octanol–water partition coefficient (Wildman–Crippen LogP) is 2.00. The Kier molecular flexibility index (Phi) is 24.4. The Balaban J connectivity index is 0.00000588. The molecule has 412 valence electrons. The molecule has 0 N–H and O–H groups in total. The monoisotopic (exact) mass is 1180 g/mol. The predicted molar refractivity (Wildman–Crippen MR) is 294 cm³/mol. The van der Waals surface area contributed by atoms with Crippen molar-refractivity contribution in [3.8, 4) is 11.5 Å². The number of benzene rings is 4. The first-order chi connectivity index (χ1) is 37.1. The Bertz CT molecular complexity index is 3180. The fraction of sp³-hybridized carbons (Fsp3) is 0.345. The van der Waals surface area contributed by atoms with E-state index in [1.165, 1.54) is 12.1 Å². The third kappa shape index (κ3) is 16.1. The van der Waals surface area contributed by atoms with E-state index in [4.69, 9.17) is 28.9 Å². The zero-order valence-corrected chi connectivity index (χ0v) is 54.8. The molecule has 0 aromatic heterocycles. The normalized spacial score (nSPS) is 14.2. The topological polar surface area (TPSA) is 251 Å². The number of aryl methyl sites for hydroxylation is 2. The summed E-state index contributed by atoms with van der Waals surface area (Å²) in [5.41, 5.74) is 4.88. The van der Waals surface area contributed by atoms with Gasteiger partial charge in [0.2, 0.25) is 0 Å². The third-order valence-corrected chi connectivity index (χ3v) is 15.0. The number of nitrogens with zero attached hydrogens (tertiary/aromatic N) is 4. The minimum atomic E-state index is -5.00. The molecular formula is C58H62K2N4O14S2. The molecule has 0 fully saturated rings. The molecule has 7 rings (SSSR count). The Hall–Kier alpha value is -4.25. The second-order valence-electron chi connectivity index (χ2n) is 18.6. The summed E-state index contributed by atoms with van der Waals surface area (Å²) < 4.78 is 99.9. The largest absolute Gasteiger partial charge is 1.00 e. The molecule has 18 nitrogen and oxygen atoms in total. The fourth-order valence-electron chi connectivity index (χ4n) is 9.97. The summed E-state index contributed by atoms with van der Waals surface area (Å²) in [7, 11) is -9.99. The molecule has 22 heteroatoms. The van der Waals surface area contributed by atoms with Crippen molar-refractivity contribution in [2.24, 2.45) is 9.98 Å². The number of anilines is 2. The molecule has 4 aromatic carbocycles. The van der Waals surface area contributed by atoms with E-state index in [1.807, 2.05) is 27.7 Å². The number of fused-ring (bicyclic) bond motifs is 8. The molecular weight excluding hydrogens is 1120 g/mol. The number of hydrogen-bond acceptors (Lipinski definition) is 18. The number of aliphatic imine (C=N–C) groups is 2. The standard InChI is InChI=1S/C58H64N4O14S2.2K/c1-9-61(10-2)53-35(7)21-45(31-49(53)77(67,68)69)59-47-27-41-23-37-17-15-19-39(57(37)75-33-51(63)73-13-5)25-43-29-48(60-46-22-36(8)54(62(11-3)12-4)50(32-46)78(70,71)72)30-44(56(43)66)26-40-20-16-18-38(24-42(28-47)55(41)65)58(40)76-34-52(64)74-14-6;;/h15-22,27-32H,9-14,23-26,33-34H2,1-8H3,(H,67,68,69)(H,70,71,72);;/q;2*+1/p-2. The van der Waals surface area contributed by atoms with Gasteiger partial charge < -0.3 is 37.9 Å². The molecule has 0 radical (unpaired) electrons. The van der Waals surface area contributed by atoms with E-state index in [0.29, 0.717) is 59.6 Å². The summed E-state index contributed by atoms with van der Waals surface area (Å²) in [5.74, 6) is -1.77. The van der Waals surface area contributed by atoms with Crippen molar-refractivity contribution in [1.82, 2.24) is 0 Å². The molecule has 0 amide bonds. The maximum atomic E-state index is 15.0. The number of carbonyl (C=O) groups excluding carboxylic acids is 4. The first-order valence-electron chi connectivity index (χ1n) is 25.7. The van der Waals surface area contributed by atoms with E-state index in [1.54, 1.807) is 110 Å². The van der Waals surface area contributed by atoms with Crippen molar-refractivity contribution in [3.05, 3.63) is 141 Å². The molecule has 0 unspecified atom stereocenters. The third-order valence-electron chi connectivity index (χ3n) is 13.3. The molecule has 0 atom stereocenters. The molecule has 0 saturated carbocycles. The summed E-state index contributed by atoms with van der Waals surface area (Å²) in [6.07, 6.45) is 5.79. The van der Waals surface area contributed by atoms with E-state index in [-0.39, 0.29) is 210 Å². The van der Waals surface area contributed by atoms with Gasteiger partial charge in [-0.3, -0.25) is 9.59 Å². The number of para-hydroxylation sites is 2. The maximum absolute atomic E-state index is 15.0. The Labute approximate surface area is 553 Å². The van der Waals surface area contributed by atoms with Crippen LogP contribution in [0.3, 0.4) is 0 Å². The quantitative estimate of drug-likeness (QED) is 0.0598. The van der Waals surface area contributed by atoms with Gasteiger partial charge in [0.15, 0.2) is 24.8 Å². The minimum Gasteiger partial charge on any atom is -0.744 e. The molecule has 3 aliphatic carbocycles. The van der Waals surface area contributed by atoms with Crippen LogP contribution in [0.2, 0.25) is 0 Å². The Morgan fingerprint density at radius 3 is 1.09 bits per heavy atom. The summed E-state index contributed by atoms with van der Waals surface area (Å²) >= 11 is 0. The molecule has 3 aliphatic rings. The van der Waals surface area contributed by atoms with E-state index in [0.717, 1.165) is 0 Å². The number of rotatable bonds is 18. The van der Waals surface area contributed by atoms with Crippen molar-refractivity contribution in [2.75, 3.05) is 62.4 Å². The van der Waals surface area contributed by atoms with Gasteiger partial charge in [-0.2, -0.15) is 0 Å². The van der Waals surface area contributed by atoms with Crippen molar-refractivity contribution in [1.29, 1.82) is 0 Å². The van der Waals surface area contributed by atoms with Crippen molar-refractivity contribution in [2.45, 2.75) is 90.9 Å². The summed E-state index contributed by atoms with van der Waals surface area (Å²) in [4.78, 5) is 68.1. The summed E-state index contributed by atoms with van der Waals surface area (Å²) in [5, 5.41) is 0. The van der Waals surface area contributed by atoms with Gasteiger partial charge in [0, 0.05) is 74.2 Å². The number of esters is 2. The zero-order valence-electron chi connectivity index (χ0n) is 46.9. The Morgan fingerprint density at radius 1 is 0.525 bits per heavy atom. The first kappa shape index (κ1) is 66.6. The van der Waals surface area contributed by atoms with E-state index < -0.39 is 66.7 Å². The summed E-state index contributed by atoms with van der Waals surface area (Å²) in [6.45, 7) is 14.9. The van der Waals surface area contributed by atoms with Crippen molar-refractivity contribution in [3.63, 3.8) is 0 Å². The second-order valence-corrected chi connectivity index (χ2v) is 21.3. The molecule has 0 heterocycles. The van der Waals surface area contributed by atoms with Crippen LogP contribution in [0.25, 0.3) is 0 Å². The second kappa shape index (κ2) is 29.3. The molecule has 0 saturated heterocycles. The van der Waals surface area contributed by atoms with Gasteiger partial charge in [0.05, 0.1) is 57.2 Å². The summed E-state index contributed by atoms with van der Waals surface area (Å²) in [6, 6.07) is 16.1. The van der Waals surface area contributed by atoms with E-state index >= 15 is 0 Å². The number of hydrogen-bond donors (Lipinski definition) is 0.